The van der Waals surface area contributed by atoms with Gasteiger partial charge in [-0.1, -0.05) is 91.0 Å². The fourth-order valence-corrected chi connectivity index (χ4v) is 18.4. The largest absolute Gasteiger partial charge is 0.355 e. The van der Waals surface area contributed by atoms with E-state index < -0.39 is 74.2 Å². The first-order valence-electron chi connectivity index (χ1n) is 37.6. The number of ketones is 4. The van der Waals surface area contributed by atoms with E-state index in [-0.39, 0.29) is 125 Å². The third-order valence-corrected chi connectivity index (χ3v) is 24.9. The fraction of sp³-hybridized carbons (Fsp3) is 0.238. The standard InChI is InChI=1S/C84H77N15O15S3/c1-96(2)83-91-65(42-48-40-51(31-37-63(48)116(109,110)111)85-58-33-35-61-70-66(54-19-10-12-21-56(54)76(102)68(58)70)72(78(104)98(61)5)74(100)46-15-8-7-9-16-46)90-80(93-83)86-49-27-23-44(24-28-49)39-45-25-29-50(30-26-45)87-81-92-82(95-84(94-81)97(3)4)88-52-32-38-64(117(112,113)114)60(43-52)89-59-34-36-62-71-67(55-20-11-13-22-57(55)77(103)69(59)71)73(79(105)99(62)6)75(101)47-17-14-18-53(41-47)115(106,107)108/h7-22,31-38,40-41,43-45,49-50,85,89H,23-30,39,42H2,1-6H3,(H,106,107,108)(H,109,110,111)(H,112,113,114)(H,86,90,91,93)(H2,87,88,92,94,95). The molecule has 4 heterocycles. The van der Waals surface area contributed by atoms with Crippen molar-refractivity contribution in [3.05, 3.63) is 240 Å². The van der Waals surface area contributed by atoms with Gasteiger partial charge in [-0.15, -0.1) is 0 Å². The second-order valence-electron chi connectivity index (χ2n) is 30.2. The van der Waals surface area contributed by atoms with Gasteiger partial charge in [-0.05, 0) is 159 Å². The van der Waals surface area contributed by atoms with Crippen LogP contribution in [-0.4, -0.2) is 141 Å². The lowest BCUT2D eigenvalue weighted by Gasteiger charge is -2.34. The van der Waals surface area contributed by atoms with E-state index in [1.807, 2.05) is 0 Å². The molecular formula is C84H77N15O15S3. The van der Waals surface area contributed by atoms with Gasteiger partial charge in [-0.3, -0.25) is 42.4 Å². The van der Waals surface area contributed by atoms with Gasteiger partial charge in [0.05, 0.1) is 60.1 Å². The normalized spacial score (nSPS) is 16.4. The van der Waals surface area contributed by atoms with Gasteiger partial charge in [0.25, 0.3) is 41.5 Å². The highest BCUT2D eigenvalue weighted by molar-refractivity contribution is 7.86. The van der Waals surface area contributed by atoms with Crippen molar-refractivity contribution in [3.8, 4) is 22.3 Å². The molecule has 16 rings (SSSR count). The van der Waals surface area contributed by atoms with E-state index in [9.17, 15) is 67.7 Å². The van der Waals surface area contributed by atoms with Crippen molar-refractivity contribution in [2.75, 3.05) is 64.6 Å². The Kier molecular flexibility index (Phi) is 20.3. The molecule has 0 aliphatic heterocycles. The van der Waals surface area contributed by atoms with Crippen LogP contribution in [0.4, 0.5) is 58.2 Å². The summed E-state index contributed by atoms with van der Waals surface area (Å²) in [7, 11) is -4.50. The van der Waals surface area contributed by atoms with Gasteiger partial charge >= 0.3 is 0 Å². The van der Waals surface area contributed by atoms with Crippen molar-refractivity contribution in [2.45, 2.75) is 91.0 Å². The van der Waals surface area contributed by atoms with Crippen LogP contribution in [0.2, 0.25) is 0 Å². The summed E-state index contributed by atoms with van der Waals surface area (Å²) in [6, 6.07) is 40.7. The third kappa shape index (κ3) is 15.0. The predicted octanol–water partition coefficient (Wildman–Crippen LogP) is 12.4. The zero-order valence-electron chi connectivity index (χ0n) is 63.9. The number of hydrogen-bond acceptors (Lipinski definition) is 25. The molecule has 33 heteroatoms. The van der Waals surface area contributed by atoms with Crippen LogP contribution < -0.4 is 47.5 Å². The Morgan fingerprint density at radius 2 is 0.897 bits per heavy atom. The van der Waals surface area contributed by atoms with Gasteiger partial charge < -0.3 is 45.5 Å². The first-order valence-corrected chi connectivity index (χ1v) is 42.0. The zero-order valence-corrected chi connectivity index (χ0v) is 66.4. The number of fused-ring (bicyclic) bond motifs is 4. The summed E-state index contributed by atoms with van der Waals surface area (Å²) < 4.78 is 111. The van der Waals surface area contributed by atoms with Gasteiger partial charge in [0, 0.05) is 116 Å². The van der Waals surface area contributed by atoms with Crippen molar-refractivity contribution >= 4 is 133 Å². The Bertz CT molecular complexity index is 6700. The molecule has 8 aromatic carbocycles. The van der Waals surface area contributed by atoms with Crippen molar-refractivity contribution in [1.29, 1.82) is 0 Å². The van der Waals surface area contributed by atoms with E-state index in [4.69, 9.17) is 24.9 Å². The zero-order chi connectivity index (χ0) is 82.4. The monoisotopic (exact) mass is 1630 g/mol. The second kappa shape index (κ2) is 30.4. The number of rotatable bonds is 23. The van der Waals surface area contributed by atoms with Crippen LogP contribution in [0.1, 0.15) is 133 Å². The Hall–Kier alpha value is -12.8. The average Bonchev–Trinajstić information content (AvgIpc) is 0.710. The number of aryl methyl sites for hydroxylation is 2. The SMILES string of the molecule is CN(C)c1nc(Cc2cc(Nc3ccc4c5c3C(=O)c3ccccc3-c5c(C(=O)c3ccccc3)c(=O)n4C)ccc2S(=O)(=O)O)nc(NC2CCC(CC3CCC(Nc4nc(Nc5ccc(S(=O)(=O)O)c(Nc6ccc7c8c6C(=O)c6ccccc6-c8c(C(=O)c6cccc(S(=O)(=O)O)c6)c(=O)n7C)c5)nc(N(C)C)n4)CC3)CC2)n1. The first kappa shape index (κ1) is 78.1. The quantitative estimate of drug-likeness (QED) is 0.0218. The number of nitrogens with zero attached hydrogens (tertiary/aromatic N) is 10. The molecule has 0 unspecified atom stereocenters. The van der Waals surface area contributed by atoms with Crippen LogP contribution in [0.3, 0.4) is 0 Å². The lowest BCUT2D eigenvalue weighted by molar-refractivity contribution is 0.102. The van der Waals surface area contributed by atoms with Crippen molar-refractivity contribution in [1.82, 2.24) is 39.0 Å². The van der Waals surface area contributed by atoms with Gasteiger partial charge in [0.2, 0.25) is 29.7 Å². The van der Waals surface area contributed by atoms with Gasteiger partial charge in [0.1, 0.15) is 10.7 Å². The summed E-state index contributed by atoms with van der Waals surface area (Å²) in [4.78, 5) is 118. The Morgan fingerprint density at radius 3 is 1.42 bits per heavy atom. The predicted molar refractivity (Wildman–Crippen MR) is 443 cm³/mol. The minimum absolute atomic E-state index is 0.0105. The molecule has 0 bridgehead atoms. The Balaban J connectivity index is 0.583. The van der Waals surface area contributed by atoms with Gasteiger partial charge in [0.15, 0.2) is 23.1 Å². The first-order chi connectivity index (χ1) is 55.8. The maximum atomic E-state index is 14.9. The molecule has 4 aliphatic rings. The van der Waals surface area contributed by atoms with E-state index in [1.54, 1.807) is 136 Å². The highest BCUT2D eigenvalue weighted by atomic mass is 32.2. The van der Waals surface area contributed by atoms with Crippen molar-refractivity contribution < 1.29 is 58.1 Å². The molecule has 30 nitrogen and oxygen atoms in total. The summed E-state index contributed by atoms with van der Waals surface area (Å²) >= 11 is 0. The number of nitrogens with one attached hydrogen (secondary N) is 5. The van der Waals surface area contributed by atoms with E-state index >= 15 is 0 Å². The molecule has 4 aliphatic carbocycles. The number of anilines is 10. The molecule has 0 amide bonds. The molecule has 0 atom stereocenters. The van der Waals surface area contributed by atoms with Crippen LogP contribution in [0.25, 0.3) is 44.1 Å². The number of pyridine rings is 2. The van der Waals surface area contributed by atoms with E-state index in [0.29, 0.717) is 68.6 Å². The van der Waals surface area contributed by atoms with Crippen molar-refractivity contribution in [2.24, 2.45) is 25.9 Å². The molecule has 0 radical (unpaired) electrons. The average molecular weight is 1630 g/mol. The molecule has 4 aromatic heterocycles. The molecule has 8 N–H and O–H groups in total. The van der Waals surface area contributed by atoms with Gasteiger partial charge in [-0.25, -0.2) is 0 Å². The number of benzene rings is 8. The molecule has 0 spiro atoms. The number of carbonyl (C=O) groups is 4. The minimum atomic E-state index is -4.97. The number of aromatic nitrogens is 8. The van der Waals surface area contributed by atoms with Crippen molar-refractivity contribution in [3.63, 3.8) is 0 Å². The smallest absolute Gasteiger partial charge is 0.296 e. The van der Waals surface area contributed by atoms with E-state index in [2.05, 4.69) is 31.6 Å². The molecule has 117 heavy (non-hydrogen) atoms. The van der Waals surface area contributed by atoms with Crippen LogP contribution in [0.15, 0.2) is 188 Å². The summed E-state index contributed by atoms with van der Waals surface area (Å²) in [5.41, 5.74) is 1.40. The lowest BCUT2D eigenvalue weighted by Crippen LogP contribution is -2.31. The molecule has 596 valence electrons. The van der Waals surface area contributed by atoms with Crippen LogP contribution >= 0.6 is 0 Å². The minimum Gasteiger partial charge on any atom is -0.355 e. The molecule has 2 saturated carbocycles. The second-order valence-corrected chi connectivity index (χ2v) is 34.4. The number of hydrogen-bond donors (Lipinski definition) is 8. The van der Waals surface area contributed by atoms with E-state index in [0.717, 1.165) is 76.0 Å². The Morgan fingerprint density at radius 1 is 0.436 bits per heavy atom. The molecule has 12 aromatic rings. The maximum Gasteiger partial charge on any atom is 0.296 e. The van der Waals surface area contributed by atoms with Crippen LogP contribution in [0.5, 0.6) is 0 Å². The summed E-state index contributed by atoms with van der Waals surface area (Å²) in [5.74, 6) is 0.112. The Labute approximate surface area is 670 Å². The highest BCUT2D eigenvalue weighted by Gasteiger charge is 2.38. The summed E-state index contributed by atoms with van der Waals surface area (Å²) in [6.45, 7) is 0. The summed E-state index contributed by atoms with van der Waals surface area (Å²) in [5, 5.41) is 17.2. The van der Waals surface area contributed by atoms with Crippen LogP contribution in [0, 0.1) is 11.8 Å². The lowest BCUT2D eigenvalue weighted by atomic mass is 9.75. The van der Waals surface area contributed by atoms with Crippen LogP contribution in [-0.2, 0) is 50.9 Å². The molecular weight excluding hydrogens is 1560 g/mol. The topological polar surface area (TPSA) is 419 Å². The molecule has 2 fully saturated rings. The van der Waals surface area contributed by atoms with E-state index in [1.165, 1.54) is 70.8 Å². The number of carbonyl (C=O) groups excluding carboxylic acids is 4. The van der Waals surface area contributed by atoms with Gasteiger partial charge in [-0.2, -0.15) is 55.2 Å². The third-order valence-electron chi connectivity index (χ3n) is 22.2. The maximum absolute atomic E-state index is 14.9. The summed E-state index contributed by atoms with van der Waals surface area (Å²) in [6.07, 6.45) is 8.03. The fourth-order valence-electron chi connectivity index (χ4n) is 16.6. The highest BCUT2D eigenvalue weighted by Crippen LogP contribution is 2.48. The molecule has 0 saturated heterocycles.